The number of carbonyl (C=O) groups excluding carboxylic acids is 1. The molecule has 2 N–H and O–H groups in total. The summed E-state index contributed by atoms with van der Waals surface area (Å²) >= 11 is 1.31. The van der Waals surface area contributed by atoms with Crippen molar-refractivity contribution in [2.24, 2.45) is 5.92 Å². The van der Waals surface area contributed by atoms with Crippen LogP contribution >= 0.6 is 11.3 Å². The molecule has 0 saturated carbocycles. The number of hydrogen-bond acceptors (Lipinski definition) is 4. The van der Waals surface area contributed by atoms with Gasteiger partial charge in [-0.25, -0.2) is 4.98 Å². The van der Waals surface area contributed by atoms with Gasteiger partial charge < -0.3 is 10.4 Å². The van der Waals surface area contributed by atoms with Crippen molar-refractivity contribution in [3.63, 3.8) is 0 Å². The monoisotopic (exact) mass is 284 g/mol. The van der Waals surface area contributed by atoms with Gasteiger partial charge in [-0.3, -0.25) is 9.59 Å². The molecule has 1 heterocycles. The first-order chi connectivity index (χ1) is 8.71. The van der Waals surface area contributed by atoms with Gasteiger partial charge >= 0.3 is 5.97 Å². The van der Waals surface area contributed by atoms with Crippen molar-refractivity contribution >= 4 is 23.2 Å². The van der Waals surface area contributed by atoms with Crippen molar-refractivity contribution in [3.8, 4) is 0 Å². The minimum absolute atomic E-state index is 0.0507. The number of carboxylic acid groups (broad SMARTS) is 1. The van der Waals surface area contributed by atoms with E-state index in [0.717, 1.165) is 5.69 Å². The average Bonchev–Trinajstić information content (AvgIpc) is 2.73. The van der Waals surface area contributed by atoms with E-state index in [1.54, 1.807) is 12.4 Å². The zero-order chi connectivity index (χ0) is 14.6. The Morgan fingerprint density at radius 2 is 2.11 bits per heavy atom. The lowest BCUT2D eigenvalue weighted by molar-refractivity contribution is -0.137. The van der Waals surface area contributed by atoms with Gasteiger partial charge in [0.15, 0.2) is 0 Å². The Morgan fingerprint density at radius 1 is 1.47 bits per heavy atom. The molecule has 1 aromatic rings. The fourth-order valence-electron chi connectivity index (χ4n) is 1.66. The second-order valence-corrected chi connectivity index (χ2v) is 6.55. The SMILES string of the molecule is CC(CNC(=O)c1scnc1C(C)(C)C)CC(=O)O. The molecule has 1 atom stereocenters. The van der Waals surface area contributed by atoms with Crippen LogP contribution in [0.3, 0.4) is 0 Å². The Bertz CT molecular complexity index is 463. The molecule has 0 radical (unpaired) electrons. The van der Waals surface area contributed by atoms with Crippen LogP contribution in [0, 0.1) is 5.92 Å². The van der Waals surface area contributed by atoms with E-state index in [1.165, 1.54) is 11.3 Å². The molecule has 1 unspecified atom stereocenters. The van der Waals surface area contributed by atoms with Crippen LogP contribution in [0.1, 0.15) is 49.5 Å². The van der Waals surface area contributed by atoms with Crippen molar-refractivity contribution < 1.29 is 14.7 Å². The van der Waals surface area contributed by atoms with E-state index in [9.17, 15) is 9.59 Å². The van der Waals surface area contributed by atoms with E-state index < -0.39 is 5.97 Å². The smallest absolute Gasteiger partial charge is 0.303 e. The van der Waals surface area contributed by atoms with Crippen LogP contribution < -0.4 is 5.32 Å². The molecular formula is C13H20N2O3S. The molecule has 0 spiro atoms. The minimum atomic E-state index is -0.852. The Hall–Kier alpha value is -1.43. The summed E-state index contributed by atoms with van der Waals surface area (Å²) in [4.78, 5) is 27.5. The van der Waals surface area contributed by atoms with E-state index in [2.05, 4.69) is 10.3 Å². The number of nitrogens with zero attached hydrogens (tertiary/aromatic N) is 1. The lowest BCUT2D eigenvalue weighted by Gasteiger charge is -2.17. The first kappa shape index (κ1) is 15.6. The highest BCUT2D eigenvalue weighted by Crippen LogP contribution is 2.26. The molecule has 19 heavy (non-hydrogen) atoms. The standard InChI is InChI=1S/C13H20N2O3S/c1-8(5-9(16)17)6-14-12(18)10-11(13(2,3)4)15-7-19-10/h7-8H,5-6H2,1-4H3,(H,14,18)(H,16,17). The molecule has 5 nitrogen and oxygen atoms in total. The van der Waals surface area contributed by atoms with E-state index in [0.29, 0.717) is 11.4 Å². The molecule has 0 fully saturated rings. The number of amides is 1. The fourth-order valence-corrected chi connectivity index (χ4v) is 2.57. The summed E-state index contributed by atoms with van der Waals surface area (Å²) in [6.07, 6.45) is 0.0507. The maximum Gasteiger partial charge on any atom is 0.303 e. The first-order valence-corrected chi connectivity index (χ1v) is 7.03. The van der Waals surface area contributed by atoms with Gasteiger partial charge in [0, 0.05) is 18.4 Å². The van der Waals surface area contributed by atoms with Crippen LogP contribution in [-0.2, 0) is 10.2 Å². The van der Waals surface area contributed by atoms with E-state index in [4.69, 9.17) is 5.11 Å². The summed E-state index contributed by atoms with van der Waals surface area (Å²) in [7, 11) is 0. The largest absolute Gasteiger partial charge is 0.481 e. The van der Waals surface area contributed by atoms with Gasteiger partial charge in [0.2, 0.25) is 0 Å². The molecule has 1 rings (SSSR count). The van der Waals surface area contributed by atoms with Crippen molar-refractivity contribution in [2.45, 2.75) is 39.5 Å². The van der Waals surface area contributed by atoms with Crippen molar-refractivity contribution in [1.82, 2.24) is 10.3 Å². The third kappa shape index (κ3) is 4.63. The number of hydrogen-bond donors (Lipinski definition) is 2. The van der Waals surface area contributed by atoms with Crippen LogP contribution in [0.25, 0.3) is 0 Å². The number of carbonyl (C=O) groups is 2. The maximum atomic E-state index is 12.1. The number of aromatic nitrogens is 1. The van der Waals surface area contributed by atoms with Crippen LogP contribution in [0.5, 0.6) is 0 Å². The minimum Gasteiger partial charge on any atom is -0.481 e. The van der Waals surface area contributed by atoms with Crippen LogP contribution in [0.15, 0.2) is 5.51 Å². The Labute approximate surface area is 117 Å². The third-order valence-electron chi connectivity index (χ3n) is 2.62. The molecule has 1 amide bonds. The zero-order valence-electron chi connectivity index (χ0n) is 11.7. The number of aliphatic carboxylic acids is 1. The molecule has 0 aliphatic carbocycles. The van der Waals surface area contributed by atoms with Crippen molar-refractivity contribution in [3.05, 3.63) is 16.1 Å². The van der Waals surface area contributed by atoms with Crippen molar-refractivity contribution in [2.75, 3.05) is 6.54 Å². The molecule has 6 heteroatoms. The second kappa shape index (κ2) is 6.14. The topological polar surface area (TPSA) is 79.3 Å². The quantitative estimate of drug-likeness (QED) is 0.869. The summed E-state index contributed by atoms with van der Waals surface area (Å²) in [5.74, 6) is -1.12. The predicted molar refractivity (Wildman–Crippen MR) is 74.6 cm³/mol. The summed E-state index contributed by atoms with van der Waals surface area (Å²) in [5.41, 5.74) is 2.26. The van der Waals surface area contributed by atoms with Gasteiger partial charge in [-0.05, 0) is 5.92 Å². The summed E-state index contributed by atoms with van der Waals surface area (Å²) in [5, 5.41) is 11.4. The van der Waals surface area contributed by atoms with Gasteiger partial charge in [0.05, 0.1) is 11.2 Å². The molecule has 0 saturated heterocycles. The van der Waals surface area contributed by atoms with E-state index in [1.807, 2.05) is 20.8 Å². The lowest BCUT2D eigenvalue weighted by Crippen LogP contribution is -2.30. The fraction of sp³-hybridized carbons (Fsp3) is 0.615. The Kier molecular flexibility index (Phi) is 5.05. The summed E-state index contributed by atoms with van der Waals surface area (Å²) in [6.45, 7) is 8.17. The molecule has 1 aromatic heterocycles. The lowest BCUT2D eigenvalue weighted by atomic mass is 9.91. The number of rotatable bonds is 5. The number of carboxylic acids is 1. The Morgan fingerprint density at radius 3 is 2.63 bits per heavy atom. The predicted octanol–water partition coefficient (Wildman–Crippen LogP) is 2.28. The van der Waals surface area contributed by atoms with Gasteiger partial charge in [0.1, 0.15) is 4.88 Å². The van der Waals surface area contributed by atoms with E-state index >= 15 is 0 Å². The van der Waals surface area contributed by atoms with Crippen LogP contribution in [0.2, 0.25) is 0 Å². The van der Waals surface area contributed by atoms with Crippen LogP contribution in [-0.4, -0.2) is 28.5 Å². The zero-order valence-corrected chi connectivity index (χ0v) is 12.5. The van der Waals surface area contributed by atoms with Gasteiger partial charge in [-0.2, -0.15) is 0 Å². The highest BCUT2D eigenvalue weighted by Gasteiger charge is 2.25. The third-order valence-corrected chi connectivity index (χ3v) is 3.44. The van der Waals surface area contributed by atoms with Crippen molar-refractivity contribution in [1.29, 1.82) is 0 Å². The van der Waals surface area contributed by atoms with Gasteiger partial charge in [-0.1, -0.05) is 27.7 Å². The highest BCUT2D eigenvalue weighted by molar-refractivity contribution is 7.11. The molecule has 106 valence electrons. The highest BCUT2D eigenvalue weighted by atomic mass is 32.1. The molecular weight excluding hydrogens is 264 g/mol. The van der Waals surface area contributed by atoms with Gasteiger partial charge in [-0.15, -0.1) is 11.3 Å². The van der Waals surface area contributed by atoms with Gasteiger partial charge in [0.25, 0.3) is 5.91 Å². The number of thiazole rings is 1. The van der Waals surface area contributed by atoms with E-state index in [-0.39, 0.29) is 23.7 Å². The van der Waals surface area contributed by atoms with Crippen LogP contribution in [0.4, 0.5) is 0 Å². The second-order valence-electron chi connectivity index (χ2n) is 5.69. The molecule has 0 aliphatic heterocycles. The molecule has 0 aliphatic rings. The number of nitrogens with one attached hydrogen (secondary N) is 1. The molecule has 0 bridgehead atoms. The average molecular weight is 284 g/mol. The maximum absolute atomic E-state index is 12.1. The Balaban J connectivity index is 2.65. The normalized spacial score (nSPS) is 13.1. The first-order valence-electron chi connectivity index (χ1n) is 6.15. The molecule has 0 aromatic carbocycles. The summed E-state index contributed by atoms with van der Waals surface area (Å²) < 4.78 is 0. The summed E-state index contributed by atoms with van der Waals surface area (Å²) in [6, 6.07) is 0.